The van der Waals surface area contributed by atoms with Crippen molar-refractivity contribution in [2.75, 3.05) is 0 Å². The van der Waals surface area contributed by atoms with E-state index in [1.165, 1.54) is 12.1 Å². The number of carboxylic acids is 1. The summed E-state index contributed by atoms with van der Waals surface area (Å²) in [5, 5.41) is 8.64. The lowest BCUT2D eigenvalue weighted by Gasteiger charge is -2.19. The average Bonchev–Trinajstić information content (AvgIpc) is 2.13. The van der Waals surface area contributed by atoms with Crippen molar-refractivity contribution >= 4 is 5.97 Å². The van der Waals surface area contributed by atoms with Gasteiger partial charge in [0.1, 0.15) is 5.82 Å². The molecule has 1 rings (SSSR count). The van der Waals surface area contributed by atoms with Crippen molar-refractivity contribution in [3.05, 3.63) is 35.1 Å². The minimum absolute atomic E-state index is 0.264. The summed E-state index contributed by atoms with van der Waals surface area (Å²) in [4.78, 5) is 10.6. The van der Waals surface area contributed by atoms with Crippen LogP contribution in [0.5, 0.6) is 0 Å². The van der Waals surface area contributed by atoms with Gasteiger partial charge in [0.15, 0.2) is 0 Å². The van der Waals surface area contributed by atoms with Crippen LogP contribution in [0, 0.1) is 5.82 Å². The molecule has 0 fully saturated rings. The van der Waals surface area contributed by atoms with Crippen LogP contribution >= 0.6 is 0 Å². The molecule has 0 spiro atoms. The number of hydrogen-bond acceptors (Lipinski definition) is 2. The second-order valence-electron chi connectivity index (χ2n) is 4.52. The van der Waals surface area contributed by atoms with Gasteiger partial charge in [0, 0.05) is 0 Å². The fourth-order valence-corrected chi connectivity index (χ4v) is 1.12. The van der Waals surface area contributed by atoms with E-state index in [-0.39, 0.29) is 17.8 Å². The molecule has 0 heterocycles. The molecule has 0 amide bonds. The standard InChI is InChI=1S/C12H15FO3/c1-12(2,3)16-7-8-4-5-9(11(14)15)10(13)6-8/h4-6H,7H2,1-3H3,(H,14,15). The van der Waals surface area contributed by atoms with Gasteiger partial charge in [-0.15, -0.1) is 0 Å². The Morgan fingerprint density at radius 1 is 1.44 bits per heavy atom. The van der Waals surface area contributed by atoms with E-state index in [0.29, 0.717) is 5.56 Å². The molecule has 88 valence electrons. The molecule has 0 aliphatic rings. The maximum absolute atomic E-state index is 13.3. The number of carbonyl (C=O) groups is 1. The monoisotopic (exact) mass is 226 g/mol. The topological polar surface area (TPSA) is 46.5 Å². The van der Waals surface area contributed by atoms with Crippen LogP contribution in [0.25, 0.3) is 0 Å². The first-order chi connectivity index (χ1) is 7.29. The molecule has 0 saturated heterocycles. The fraction of sp³-hybridized carbons (Fsp3) is 0.417. The van der Waals surface area contributed by atoms with Gasteiger partial charge in [-0.25, -0.2) is 9.18 Å². The second kappa shape index (κ2) is 4.61. The summed E-state index contributed by atoms with van der Waals surface area (Å²) in [6, 6.07) is 3.99. The molecular formula is C12H15FO3. The minimum Gasteiger partial charge on any atom is -0.478 e. The quantitative estimate of drug-likeness (QED) is 0.862. The predicted molar refractivity (Wildman–Crippen MR) is 57.9 cm³/mol. The van der Waals surface area contributed by atoms with E-state index in [0.717, 1.165) is 0 Å². The molecule has 0 aliphatic heterocycles. The van der Waals surface area contributed by atoms with Gasteiger partial charge in [0.2, 0.25) is 0 Å². The number of hydrogen-bond donors (Lipinski definition) is 1. The molecule has 1 aromatic rings. The molecule has 0 unspecified atom stereocenters. The van der Waals surface area contributed by atoms with Crippen LogP contribution in [0.1, 0.15) is 36.7 Å². The summed E-state index contributed by atoms with van der Waals surface area (Å²) in [6.07, 6.45) is 0. The third-order valence-electron chi connectivity index (χ3n) is 1.94. The van der Waals surface area contributed by atoms with Crippen LogP contribution in [0.2, 0.25) is 0 Å². The van der Waals surface area contributed by atoms with Crippen molar-refractivity contribution in [2.24, 2.45) is 0 Å². The smallest absolute Gasteiger partial charge is 0.338 e. The lowest BCUT2D eigenvalue weighted by Crippen LogP contribution is -2.18. The summed E-state index contributed by atoms with van der Waals surface area (Å²) in [5.41, 5.74) is -0.000909. The van der Waals surface area contributed by atoms with Gasteiger partial charge in [-0.2, -0.15) is 0 Å². The highest BCUT2D eigenvalue weighted by Crippen LogP contribution is 2.15. The van der Waals surface area contributed by atoms with E-state index in [1.54, 1.807) is 6.07 Å². The van der Waals surface area contributed by atoms with Gasteiger partial charge in [-0.05, 0) is 38.5 Å². The van der Waals surface area contributed by atoms with E-state index in [9.17, 15) is 9.18 Å². The van der Waals surface area contributed by atoms with Gasteiger partial charge in [0.25, 0.3) is 0 Å². The maximum atomic E-state index is 13.3. The van der Waals surface area contributed by atoms with Gasteiger partial charge in [0.05, 0.1) is 17.8 Å². The van der Waals surface area contributed by atoms with E-state index >= 15 is 0 Å². The molecule has 1 aromatic carbocycles. The van der Waals surface area contributed by atoms with E-state index in [4.69, 9.17) is 9.84 Å². The van der Waals surface area contributed by atoms with Crippen molar-refractivity contribution in [2.45, 2.75) is 33.0 Å². The van der Waals surface area contributed by atoms with Crippen LogP contribution in [-0.2, 0) is 11.3 Å². The number of rotatable bonds is 3. The number of carboxylic acid groups (broad SMARTS) is 1. The zero-order valence-corrected chi connectivity index (χ0v) is 9.58. The van der Waals surface area contributed by atoms with Crippen molar-refractivity contribution in [1.82, 2.24) is 0 Å². The Hall–Kier alpha value is -1.42. The van der Waals surface area contributed by atoms with Gasteiger partial charge in [-0.1, -0.05) is 6.07 Å². The minimum atomic E-state index is -1.26. The number of benzene rings is 1. The zero-order chi connectivity index (χ0) is 12.3. The summed E-state index contributed by atoms with van der Waals surface area (Å²) >= 11 is 0. The third-order valence-corrected chi connectivity index (χ3v) is 1.94. The van der Waals surface area contributed by atoms with Crippen molar-refractivity contribution < 1.29 is 19.0 Å². The summed E-state index contributed by atoms with van der Waals surface area (Å²) in [7, 11) is 0. The molecule has 4 heteroatoms. The maximum Gasteiger partial charge on any atom is 0.338 e. The van der Waals surface area contributed by atoms with Crippen molar-refractivity contribution in [3.63, 3.8) is 0 Å². The Balaban J connectivity index is 2.78. The molecule has 0 aliphatic carbocycles. The highest BCUT2D eigenvalue weighted by Gasteiger charge is 2.13. The Kier molecular flexibility index (Phi) is 3.65. The average molecular weight is 226 g/mol. The van der Waals surface area contributed by atoms with Gasteiger partial charge in [-0.3, -0.25) is 0 Å². The van der Waals surface area contributed by atoms with E-state index in [2.05, 4.69) is 0 Å². The highest BCUT2D eigenvalue weighted by molar-refractivity contribution is 5.87. The molecule has 0 radical (unpaired) electrons. The summed E-state index contributed by atoms with van der Waals surface area (Å²) in [6.45, 7) is 5.96. The fourth-order valence-electron chi connectivity index (χ4n) is 1.12. The first-order valence-corrected chi connectivity index (χ1v) is 4.95. The Morgan fingerprint density at radius 3 is 2.50 bits per heavy atom. The van der Waals surface area contributed by atoms with Crippen LogP contribution in [0.3, 0.4) is 0 Å². The normalized spacial score (nSPS) is 11.5. The Morgan fingerprint density at radius 2 is 2.06 bits per heavy atom. The molecule has 0 bridgehead atoms. The Labute approximate surface area is 93.9 Å². The molecule has 0 saturated carbocycles. The van der Waals surface area contributed by atoms with E-state index in [1.807, 2.05) is 20.8 Å². The van der Waals surface area contributed by atoms with Crippen LogP contribution in [-0.4, -0.2) is 16.7 Å². The van der Waals surface area contributed by atoms with Gasteiger partial charge >= 0.3 is 5.97 Å². The lowest BCUT2D eigenvalue weighted by molar-refractivity contribution is -0.0150. The number of ether oxygens (including phenoxy) is 1. The number of aromatic carboxylic acids is 1. The highest BCUT2D eigenvalue weighted by atomic mass is 19.1. The molecule has 0 aromatic heterocycles. The second-order valence-corrected chi connectivity index (χ2v) is 4.52. The van der Waals surface area contributed by atoms with Crippen molar-refractivity contribution in [3.8, 4) is 0 Å². The third kappa shape index (κ3) is 3.62. The molecule has 3 nitrogen and oxygen atoms in total. The van der Waals surface area contributed by atoms with Crippen molar-refractivity contribution in [1.29, 1.82) is 0 Å². The summed E-state index contributed by atoms with van der Waals surface area (Å²) in [5.74, 6) is -2.00. The SMILES string of the molecule is CC(C)(C)OCc1ccc(C(=O)O)c(F)c1. The lowest BCUT2D eigenvalue weighted by atomic mass is 10.1. The Bertz CT molecular complexity index is 394. The number of halogens is 1. The van der Waals surface area contributed by atoms with E-state index < -0.39 is 11.8 Å². The van der Waals surface area contributed by atoms with Gasteiger partial charge < -0.3 is 9.84 Å². The molecule has 16 heavy (non-hydrogen) atoms. The molecular weight excluding hydrogens is 211 g/mol. The first-order valence-electron chi connectivity index (χ1n) is 4.95. The first kappa shape index (κ1) is 12.6. The van der Waals surface area contributed by atoms with Crippen LogP contribution in [0.15, 0.2) is 18.2 Å². The zero-order valence-electron chi connectivity index (χ0n) is 9.58. The summed E-state index contributed by atoms with van der Waals surface area (Å²) < 4.78 is 18.7. The van der Waals surface area contributed by atoms with Crippen LogP contribution in [0.4, 0.5) is 4.39 Å². The molecule has 1 N–H and O–H groups in total. The predicted octanol–water partition coefficient (Wildman–Crippen LogP) is 2.84. The largest absolute Gasteiger partial charge is 0.478 e. The molecule has 0 atom stereocenters. The van der Waals surface area contributed by atoms with Crippen LogP contribution < -0.4 is 0 Å².